The highest BCUT2D eigenvalue weighted by atomic mass is 19.3. The fourth-order valence-electron chi connectivity index (χ4n) is 2.83. The molecule has 2 heterocycles. The van der Waals surface area contributed by atoms with Gasteiger partial charge in [-0.05, 0) is 18.9 Å². The Morgan fingerprint density at radius 3 is 2.67 bits per heavy atom. The van der Waals surface area contributed by atoms with Crippen LogP contribution in [0.1, 0.15) is 43.7 Å². The van der Waals surface area contributed by atoms with Crippen LogP contribution in [0.5, 0.6) is 5.88 Å². The molecule has 2 aromatic heterocycles. The fourth-order valence-corrected chi connectivity index (χ4v) is 2.83. The fraction of sp³-hybridized carbons (Fsp3) is 0.467. The minimum absolute atomic E-state index is 0.0308. The molecule has 0 saturated heterocycles. The molecule has 0 radical (unpaired) electrons. The van der Waals surface area contributed by atoms with E-state index in [0.29, 0.717) is 5.92 Å². The Morgan fingerprint density at radius 1 is 1.19 bits per heavy atom. The van der Waals surface area contributed by atoms with Gasteiger partial charge >= 0.3 is 6.61 Å². The summed E-state index contributed by atoms with van der Waals surface area (Å²) in [7, 11) is 0. The number of hydrogen-bond acceptors (Lipinski definition) is 3. The van der Waals surface area contributed by atoms with Crippen LogP contribution in [0, 0.1) is 0 Å². The molecule has 0 aromatic carbocycles. The average Bonchev–Trinajstić information content (AvgIpc) is 3.01. The van der Waals surface area contributed by atoms with Crippen LogP contribution in [0.15, 0.2) is 30.9 Å². The first-order valence-electron chi connectivity index (χ1n) is 7.17. The molecular formula is C15H17F2N3O. The van der Waals surface area contributed by atoms with Crippen LogP contribution >= 0.6 is 0 Å². The lowest BCUT2D eigenvalue weighted by Crippen LogP contribution is -2.10. The molecule has 112 valence electrons. The van der Waals surface area contributed by atoms with Crippen molar-refractivity contribution in [3.05, 3.63) is 36.5 Å². The highest BCUT2D eigenvalue weighted by Gasteiger charge is 2.19. The third-order valence-corrected chi connectivity index (χ3v) is 3.84. The zero-order valence-corrected chi connectivity index (χ0v) is 11.6. The predicted octanol–water partition coefficient (Wildman–Crippen LogP) is 3.92. The monoisotopic (exact) mass is 293 g/mol. The maximum absolute atomic E-state index is 12.5. The molecule has 1 fully saturated rings. The van der Waals surface area contributed by atoms with Crippen LogP contribution < -0.4 is 4.74 Å². The number of aromatic nitrogens is 3. The van der Waals surface area contributed by atoms with Crippen molar-refractivity contribution in [1.29, 1.82) is 0 Å². The average molecular weight is 293 g/mol. The number of rotatable bonds is 4. The smallest absolute Gasteiger partial charge is 0.388 e. The van der Waals surface area contributed by atoms with Crippen LogP contribution in [0.3, 0.4) is 0 Å². The first-order valence-corrected chi connectivity index (χ1v) is 7.17. The van der Waals surface area contributed by atoms with Gasteiger partial charge in [0.25, 0.3) is 0 Å². The van der Waals surface area contributed by atoms with Gasteiger partial charge in [-0.25, -0.2) is 9.97 Å². The van der Waals surface area contributed by atoms with Gasteiger partial charge in [0.05, 0.1) is 12.0 Å². The SMILES string of the molecule is FC(F)Oc1cc(-n2ccnc2)cc(C2CCCCC2)n1. The van der Waals surface area contributed by atoms with Crippen molar-refractivity contribution in [3.63, 3.8) is 0 Å². The van der Waals surface area contributed by atoms with E-state index in [9.17, 15) is 8.78 Å². The summed E-state index contributed by atoms with van der Waals surface area (Å²) in [5.74, 6) is 0.291. The van der Waals surface area contributed by atoms with E-state index in [1.165, 1.54) is 12.5 Å². The van der Waals surface area contributed by atoms with Crippen molar-refractivity contribution >= 4 is 0 Å². The molecule has 0 N–H and O–H groups in total. The molecule has 0 atom stereocenters. The number of ether oxygens (including phenoxy) is 1. The van der Waals surface area contributed by atoms with Crippen molar-refractivity contribution < 1.29 is 13.5 Å². The number of imidazole rings is 1. The Balaban J connectivity index is 1.96. The van der Waals surface area contributed by atoms with Crippen LogP contribution in [0.2, 0.25) is 0 Å². The number of hydrogen-bond donors (Lipinski definition) is 0. The van der Waals surface area contributed by atoms with Gasteiger partial charge in [0.2, 0.25) is 5.88 Å². The van der Waals surface area contributed by atoms with Gasteiger partial charge in [0.1, 0.15) is 0 Å². The quantitative estimate of drug-likeness (QED) is 0.858. The van der Waals surface area contributed by atoms with Crippen molar-refractivity contribution in [2.75, 3.05) is 0 Å². The highest BCUT2D eigenvalue weighted by Crippen LogP contribution is 2.33. The molecule has 6 heteroatoms. The minimum Gasteiger partial charge on any atom is -0.417 e. The number of halogens is 2. The highest BCUT2D eigenvalue weighted by molar-refractivity contribution is 5.38. The van der Waals surface area contributed by atoms with E-state index in [1.807, 2.05) is 6.07 Å². The molecule has 4 nitrogen and oxygen atoms in total. The van der Waals surface area contributed by atoms with Crippen molar-refractivity contribution in [3.8, 4) is 11.6 Å². The predicted molar refractivity (Wildman–Crippen MR) is 73.8 cm³/mol. The van der Waals surface area contributed by atoms with Gasteiger partial charge in [-0.1, -0.05) is 19.3 Å². The van der Waals surface area contributed by atoms with Gasteiger partial charge in [-0.2, -0.15) is 8.78 Å². The summed E-state index contributed by atoms with van der Waals surface area (Å²) in [6.07, 6.45) is 10.7. The molecule has 3 rings (SSSR count). The maximum Gasteiger partial charge on any atom is 0.388 e. The van der Waals surface area contributed by atoms with Crippen molar-refractivity contribution in [1.82, 2.24) is 14.5 Å². The zero-order chi connectivity index (χ0) is 14.7. The Morgan fingerprint density at radius 2 is 2.00 bits per heavy atom. The summed E-state index contributed by atoms with van der Waals surface area (Å²) >= 11 is 0. The second-order valence-corrected chi connectivity index (χ2v) is 5.27. The van der Waals surface area contributed by atoms with E-state index in [0.717, 1.165) is 37.1 Å². The summed E-state index contributed by atoms with van der Waals surface area (Å²) in [5, 5.41) is 0. The number of alkyl halides is 2. The van der Waals surface area contributed by atoms with Gasteiger partial charge in [-0.15, -0.1) is 0 Å². The van der Waals surface area contributed by atoms with Crippen LogP contribution in [0.25, 0.3) is 5.69 Å². The molecule has 1 aliphatic rings. The molecule has 0 spiro atoms. The molecule has 0 amide bonds. The summed E-state index contributed by atoms with van der Waals surface area (Å²) in [6.45, 7) is -2.87. The molecule has 2 aromatic rings. The lowest BCUT2D eigenvalue weighted by Gasteiger charge is -2.22. The van der Waals surface area contributed by atoms with E-state index in [4.69, 9.17) is 0 Å². The maximum atomic E-state index is 12.5. The van der Waals surface area contributed by atoms with Gasteiger partial charge in [0, 0.05) is 30.1 Å². The van der Waals surface area contributed by atoms with Crippen LogP contribution in [-0.4, -0.2) is 21.1 Å². The van der Waals surface area contributed by atoms with Gasteiger partial charge < -0.3 is 9.30 Å². The summed E-state index contributed by atoms with van der Waals surface area (Å²) in [6, 6.07) is 3.45. The Kier molecular flexibility index (Phi) is 4.13. The molecule has 0 bridgehead atoms. The molecular weight excluding hydrogens is 276 g/mol. The topological polar surface area (TPSA) is 39.9 Å². The van der Waals surface area contributed by atoms with E-state index in [2.05, 4.69) is 14.7 Å². The summed E-state index contributed by atoms with van der Waals surface area (Å²) in [4.78, 5) is 8.26. The third-order valence-electron chi connectivity index (χ3n) is 3.84. The molecule has 1 aliphatic carbocycles. The van der Waals surface area contributed by atoms with Crippen molar-refractivity contribution in [2.45, 2.75) is 44.6 Å². The van der Waals surface area contributed by atoms with E-state index >= 15 is 0 Å². The molecule has 1 saturated carbocycles. The molecule has 0 aliphatic heterocycles. The van der Waals surface area contributed by atoms with Gasteiger partial charge in [-0.3, -0.25) is 0 Å². The first-order chi connectivity index (χ1) is 10.2. The number of nitrogens with zero attached hydrogens (tertiary/aromatic N) is 3. The number of pyridine rings is 1. The third kappa shape index (κ3) is 3.37. The van der Waals surface area contributed by atoms with Crippen LogP contribution in [0.4, 0.5) is 8.78 Å². The lowest BCUT2D eigenvalue weighted by atomic mass is 9.86. The van der Waals surface area contributed by atoms with E-state index < -0.39 is 6.61 Å². The minimum atomic E-state index is -2.87. The lowest BCUT2D eigenvalue weighted by molar-refractivity contribution is -0.0529. The largest absolute Gasteiger partial charge is 0.417 e. The Labute approximate surface area is 121 Å². The van der Waals surface area contributed by atoms with Crippen LogP contribution in [-0.2, 0) is 0 Å². The first kappa shape index (κ1) is 14.0. The van der Waals surface area contributed by atoms with E-state index in [1.54, 1.807) is 23.3 Å². The normalized spacial score (nSPS) is 16.3. The Hall–Kier alpha value is -1.98. The molecule has 21 heavy (non-hydrogen) atoms. The summed E-state index contributed by atoms with van der Waals surface area (Å²) < 4.78 is 31.3. The molecule has 0 unspecified atom stereocenters. The Bertz CT molecular complexity index is 581. The zero-order valence-electron chi connectivity index (χ0n) is 11.6. The van der Waals surface area contributed by atoms with E-state index in [-0.39, 0.29) is 5.88 Å². The second kappa shape index (κ2) is 6.20. The second-order valence-electron chi connectivity index (χ2n) is 5.27. The standard InChI is InChI=1S/C15H17F2N3O/c16-15(17)21-14-9-12(20-7-6-18-10-20)8-13(19-14)11-4-2-1-3-5-11/h6-11,15H,1-5H2. The van der Waals surface area contributed by atoms with Crippen molar-refractivity contribution in [2.24, 2.45) is 0 Å². The van der Waals surface area contributed by atoms with Gasteiger partial charge in [0.15, 0.2) is 0 Å². The summed E-state index contributed by atoms with van der Waals surface area (Å²) in [5.41, 5.74) is 1.58.